The Kier molecular flexibility index (Phi) is 11.8. The first-order chi connectivity index (χ1) is 22.5. The highest BCUT2D eigenvalue weighted by Crippen LogP contribution is 2.41. The van der Waals surface area contributed by atoms with Gasteiger partial charge in [-0.15, -0.1) is 0 Å². The van der Waals surface area contributed by atoms with Crippen molar-refractivity contribution in [3.05, 3.63) is 101 Å². The van der Waals surface area contributed by atoms with E-state index in [9.17, 15) is 19.8 Å². The highest BCUT2D eigenvalue weighted by Gasteiger charge is 2.48. The summed E-state index contributed by atoms with van der Waals surface area (Å²) in [4.78, 5) is 28.3. The number of fused-ring (bicyclic) bond motifs is 1. The standard InChI is InChI=1S/C39H54N2O6Si/c1-37(2,3)31(32(22-26-14-10-9-11-15-26)40-36(45)46-38(4,5)6)25-39(47-48(7)8,24-27-18-20-29(42)21-19-27)35(44)41-34-30-17-13-12-16-28(30)23-33(34)43/h9-21,31-34,42-43,48H,22-25H2,1-8H3,(H,40,45)(H,41,44)/t31-,32+,33-,34+,39+/m1/s1. The van der Waals surface area contributed by atoms with E-state index in [0.717, 1.165) is 22.3 Å². The van der Waals surface area contributed by atoms with Gasteiger partial charge < -0.3 is 30.0 Å². The van der Waals surface area contributed by atoms with Crippen molar-refractivity contribution in [1.29, 1.82) is 0 Å². The molecule has 3 aromatic rings. The number of carbonyl (C=O) groups excluding carboxylic acids is 2. The largest absolute Gasteiger partial charge is 0.508 e. The van der Waals surface area contributed by atoms with Gasteiger partial charge in [-0.2, -0.15) is 0 Å². The molecular formula is C39H54N2O6Si. The van der Waals surface area contributed by atoms with Gasteiger partial charge in [0.25, 0.3) is 5.91 Å². The van der Waals surface area contributed by atoms with Gasteiger partial charge in [-0.05, 0) is 92.4 Å². The lowest BCUT2D eigenvalue weighted by molar-refractivity contribution is -0.142. The van der Waals surface area contributed by atoms with E-state index in [2.05, 4.69) is 31.4 Å². The number of benzene rings is 3. The number of alkyl carbamates (subject to hydrolysis) is 1. The number of ether oxygens (including phenoxy) is 1. The van der Waals surface area contributed by atoms with Crippen LogP contribution in [0.2, 0.25) is 13.1 Å². The molecule has 0 aromatic heterocycles. The molecule has 0 aliphatic heterocycles. The molecule has 0 saturated carbocycles. The van der Waals surface area contributed by atoms with Crippen molar-refractivity contribution in [2.24, 2.45) is 11.3 Å². The first kappa shape index (κ1) is 37.2. The summed E-state index contributed by atoms with van der Waals surface area (Å²) in [6, 6.07) is 23.7. The highest BCUT2D eigenvalue weighted by molar-refractivity contribution is 6.48. The molecule has 0 fully saturated rings. The molecule has 4 N–H and O–H groups in total. The number of nitrogens with one attached hydrogen (secondary N) is 2. The van der Waals surface area contributed by atoms with Gasteiger partial charge in [-0.25, -0.2) is 4.79 Å². The van der Waals surface area contributed by atoms with Crippen LogP contribution in [0.4, 0.5) is 4.79 Å². The number of hydrogen-bond acceptors (Lipinski definition) is 6. The minimum absolute atomic E-state index is 0.135. The quantitative estimate of drug-likeness (QED) is 0.160. The third kappa shape index (κ3) is 9.93. The van der Waals surface area contributed by atoms with E-state index < -0.39 is 49.9 Å². The van der Waals surface area contributed by atoms with Crippen LogP contribution in [0.1, 0.15) is 76.3 Å². The zero-order valence-electron chi connectivity index (χ0n) is 29.7. The molecule has 0 unspecified atom stereocenters. The normalized spacial score (nSPS) is 18.8. The lowest BCUT2D eigenvalue weighted by Gasteiger charge is -2.45. The van der Waals surface area contributed by atoms with E-state index in [-0.39, 0.29) is 30.4 Å². The van der Waals surface area contributed by atoms with Crippen LogP contribution in [0.5, 0.6) is 5.75 Å². The van der Waals surface area contributed by atoms with Crippen LogP contribution < -0.4 is 10.6 Å². The second-order valence-corrected chi connectivity index (χ2v) is 17.9. The summed E-state index contributed by atoms with van der Waals surface area (Å²) in [5.41, 5.74) is 1.36. The van der Waals surface area contributed by atoms with Crippen LogP contribution in [0, 0.1) is 11.3 Å². The lowest BCUT2D eigenvalue weighted by atomic mass is 9.68. The summed E-state index contributed by atoms with van der Waals surface area (Å²) in [5, 5.41) is 27.6. The van der Waals surface area contributed by atoms with Crippen molar-refractivity contribution in [2.45, 2.75) is 110 Å². The van der Waals surface area contributed by atoms with E-state index in [1.165, 1.54) is 0 Å². The van der Waals surface area contributed by atoms with E-state index in [0.29, 0.717) is 12.8 Å². The number of phenolic OH excluding ortho intramolecular Hbond substituents is 1. The smallest absolute Gasteiger partial charge is 0.407 e. The average Bonchev–Trinajstić information content (AvgIpc) is 3.29. The van der Waals surface area contributed by atoms with Crippen molar-refractivity contribution in [3.63, 3.8) is 0 Å². The number of aliphatic hydroxyl groups excluding tert-OH is 1. The second-order valence-electron chi connectivity index (χ2n) is 15.5. The Morgan fingerprint density at radius 1 is 0.896 bits per heavy atom. The Bertz CT molecular complexity index is 1520. The molecule has 0 spiro atoms. The number of phenols is 1. The fourth-order valence-electron chi connectivity index (χ4n) is 6.83. The molecule has 9 heteroatoms. The number of rotatable bonds is 12. The minimum atomic E-state index is -1.89. The molecule has 0 radical (unpaired) electrons. The number of aliphatic hydroxyl groups is 1. The number of hydrogen-bond donors (Lipinski definition) is 4. The molecule has 1 aliphatic rings. The SMILES string of the molecule is C[SiH](C)O[C@@](Cc1ccc(O)cc1)(C[C@H]([C@H](Cc1ccccc1)NC(=O)OC(C)(C)C)C(C)(C)C)C(=O)N[C@H]1c2ccccc2C[C@H]1O. The summed E-state index contributed by atoms with van der Waals surface area (Å²) >= 11 is 0. The Morgan fingerprint density at radius 3 is 2.12 bits per heavy atom. The third-order valence-electron chi connectivity index (χ3n) is 8.94. The first-order valence-corrected chi connectivity index (χ1v) is 19.8. The topological polar surface area (TPSA) is 117 Å². The van der Waals surface area contributed by atoms with Crippen molar-refractivity contribution in [3.8, 4) is 5.75 Å². The van der Waals surface area contributed by atoms with Crippen LogP contribution in [-0.4, -0.2) is 54.6 Å². The Morgan fingerprint density at radius 2 is 1.52 bits per heavy atom. The average molecular weight is 675 g/mol. The van der Waals surface area contributed by atoms with Crippen molar-refractivity contribution < 1.29 is 29.0 Å². The van der Waals surface area contributed by atoms with E-state index in [1.54, 1.807) is 12.1 Å². The molecular weight excluding hydrogens is 621 g/mol. The summed E-state index contributed by atoms with van der Waals surface area (Å²) < 4.78 is 12.7. The van der Waals surface area contributed by atoms with Crippen LogP contribution >= 0.6 is 0 Å². The lowest BCUT2D eigenvalue weighted by Crippen LogP contribution is -2.58. The summed E-state index contributed by atoms with van der Waals surface area (Å²) in [7, 11) is -1.89. The molecule has 0 bridgehead atoms. The molecule has 8 nitrogen and oxygen atoms in total. The second kappa shape index (κ2) is 15.3. The van der Waals surface area contributed by atoms with Gasteiger partial charge in [0.2, 0.25) is 0 Å². The van der Waals surface area contributed by atoms with Gasteiger partial charge in [0.15, 0.2) is 9.04 Å². The number of amides is 2. The molecule has 0 heterocycles. The molecule has 0 saturated heterocycles. The summed E-state index contributed by atoms with van der Waals surface area (Å²) in [6.45, 7) is 16.0. The number of carbonyl (C=O) groups is 2. The van der Waals surface area contributed by atoms with Crippen LogP contribution in [0.15, 0.2) is 78.9 Å². The molecule has 260 valence electrons. The van der Waals surface area contributed by atoms with Crippen molar-refractivity contribution in [2.75, 3.05) is 0 Å². The van der Waals surface area contributed by atoms with Gasteiger partial charge >= 0.3 is 6.09 Å². The van der Waals surface area contributed by atoms with Crippen LogP contribution in [-0.2, 0) is 33.2 Å². The predicted octanol–water partition coefficient (Wildman–Crippen LogP) is 6.64. The van der Waals surface area contributed by atoms with Gasteiger partial charge in [0, 0.05) is 18.9 Å². The molecule has 4 rings (SSSR count). The fourth-order valence-corrected chi connectivity index (χ4v) is 8.02. The Balaban J connectivity index is 1.82. The summed E-state index contributed by atoms with van der Waals surface area (Å²) in [6.07, 6.45) is 0.211. The maximum atomic E-state index is 15.0. The predicted molar refractivity (Wildman–Crippen MR) is 192 cm³/mol. The highest BCUT2D eigenvalue weighted by atomic mass is 28.3. The van der Waals surface area contributed by atoms with E-state index in [1.807, 2.05) is 101 Å². The minimum Gasteiger partial charge on any atom is -0.508 e. The maximum absolute atomic E-state index is 15.0. The fraction of sp³-hybridized carbons (Fsp3) is 0.487. The summed E-state index contributed by atoms with van der Waals surface area (Å²) in [5.74, 6) is -0.431. The van der Waals surface area contributed by atoms with Crippen LogP contribution in [0.3, 0.4) is 0 Å². The number of aromatic hydroxyl groups is 1. The third-order valence-corrected chi connectivity index (χ3v) is 9.86. The zero-order valence-corrected chi connectivity index (χ0v) is 30.9. The monoisotopic (exact) mass is 674 g/mol. The Labute approximate surface area is 288 Å². The van der Waals surface area contributed by atoms with Gasteiger partial charge in [-0.1, -0.05) is 87.5 Å². The van der Waals surface area contributed by atoms with Crippen LogP contribution in [0.25, 0.3) is 0 Å². The van der Waals surface area contributed by atoms with Gasteiger partial charge in [0.1, 0.15) is 17.0 Å². The molecule has 48 heavy (non-hydrogen) atoms. The molecule has 1 aliphatic carbocycles. The van der Waals surface area contributed by atoms with Gasteiger partial charge in [-0.3, -0.25) is 4.79 Å². The van der Waals surface area contributed by atoms with Crippen molar-refractivity contribution >= 4 is 21.0 Å². The van der Waals surface area contributed by atoms with E-state index >= 15 is 0 Å². The first-order valence-electron chi connectivity index (χ1n) is 17.0. The molecule has 3 aromatic carbocycles. The Hall–Kier alpha value is -3.66. The zero-order chi connectivity index (χ0) is 35.3. The molecule has 2 amide bonds. The van der Waals surface area contributed by atoms with Crippen molar-refractivity contribution in [1.82, 2.24) is 10.6 Å². The molecule has 5 atom stereocenters. The van der Waals surface area contributed by atoms with E-state index in [4.69, 9.17) is 9.16 Å². The maximum Gasteiger partial charge on any atom is 0.407 e. The van der Waals surface area contributed by atoms with Gasteiger partial charge in [0.05, 0.1) is 12.1 Å².